The molecule has 0 amide bonds. The molecule has 0 bridgehead atoms. The second kappa shape index (κ2) is 4.93. The van der Waals surface area contributed by atoms with Gasteiger partial charge in [-0.3, -0.25) is 0 Å². The third-order valence-electron chi connectivity index (χ3n) is 3.22. The monoisotopic (exact) mass is 269 g/mol. The van der Waals surface area contributed by atoms with Gasteiger partial charge in [0.25, 0.3) is 0 Å². The summed E-state index contributed by atoms with van der Waals surface area (Å²) in [6.07, 6.45) is 3.08. The fourth-order valence-electron chi connectivity index (χ4n) is 2.39. The molecule has 6 heteroatoms. The Kier molecular flexibility index (Phi) is 3.68. The van der Waals surface area contributed by atoms with Crippen LogP contribution in [0.3, 0.4) is 0 Å². The molecule has 2 heterocycles. The number of piperidine rings is 1. The van der Waals surface area contributed by atoms with Crippen LogP contribution >= 0.6 is 0 Å². The Labute approximate surface area is 108 Å². The van der Waals surface area contributed by atoms with E-state index in [0.29, 0.717) is 13.1 Å². The zero-order valence-corrected chi connectivity index (χ0v) is 11.9. The van der Waals surface area contributed by atoms with Crippen molar-refractivity contribution in [1.29, 1.82) is 0 Å². The van der Waals surface area contributed by atoms with Gasteiger partial charge in [-0.15, -0.1) is 0 Å². The summed E-state index contributed by atoms with van der Waals surface area (Å²) in [4.78, 5) is 8.88. The second-order valence-electron chi connectivity index (χ2n) is 4.97. The summed E-state index contributed by atoms with van der Waals surface area (Å²) in [7, 11) is -3.11. The smallest absolute Gasteiger partial charge is 0.211 e. The molecule has 0 aliphatic carbocycles. The van der Waals surface area contributed by atoms with Crippen LogP contribution in [-0.2, 0) is 10.0 Å². The molecule has 1 aliphatic rings. The molecule has 0 N–H and O–H groups in total. The molecular weight excluding hydrogens is 250 g/mol. The van der Waals surface area contributed by atoms with E-state index in [0.717, 1.165) is 30.1 Å². The Balaban J connectivity index is 2.23. The van der Waals surface area contributed by atoms with Gasteiger partial charge in [0, 0.05) is 30.4 Å². The fraction of sp³-hybridized carbons (Fsp3) is 0.667. The van der Waals surface area contributed by atoms with E-state index < -0.39 is 10.0 Å². The quantitative estimate of drug-likeness (QED) is 0.810. The SMILES string of the molecule is Cc1cc(C)nc(C2CCCN(S(C)(=O)=O)C2)n1. The topological polar surface area (TPSA) is 63.2 Å². The molecule has 5 nitrogen and oxygen atoms in total. The highest BCUT2D eigenvalue weighted by Crippen LogP contribution is 2.26. The normalized spacial score (nSPS) is 22.1. The standard InChI is InChI=1S/C12H19N3O2S/c1-9-7-10(2)14-12(13-9)11-5-4-6-15(8-11)18(3,16)17/h7,11H,4-6,8H2,1-3H3. The molecule has 0 saturated carbocycles. The number of hydrogen-bond donors (Lipinski definition) is 0. The van der Waals surface area contributed by atoms with Gasteiger partial charge in [-0.2, -0.15) is 0 Å². The summed E-state index contributed by atoms with van der Waals surface area (Å²) in [6, 6.07) is 1.93. The largest absolute Gasteiger partial charge is 0.238 e. The average Bonchev–Trinajstić information content (AvgIpc) is 2.27. The first-order valence-corrected chi connectivity index (χ1v) is 7.98. The van der Waals surface area contributed by atoms with E-state index in [4.69, 9.17) is 0 Å². The summed E-state index contributed by atoms with van der Waals surface area (Å²) >= 11 is 0. The molecule has 1 aromatic rings. The van der Waals surface area contributed by atoms with Crippen LogP contribution in [0.1, 0.15) is 36.0 Å². The van der Waals surface area contributed by atoms with Gasteiger partial charge in [0.05, 0.1) is 6.26 Å². The van der Waals surface area contributed by atoms with Crippen molar-refractivity contribution in [3.63, 3.8) is 0 Å². The van der Waals surface area contributed by atoms with Crippen LogP contribution in [0.15, 0.2) is 6.07 Å². The number of aromatic nitrogens is 2. The lowest BCUT2D eigenvalue weighted by Crippen LogP contribution is -2.38. The maximum Gasteiger partial charge on any atom is 0.211 e. The van der Waals surface area contributed by atoms with E-state index in [1.54, 1.807) is 0 Å². The molecule has 1 fully saturated rings. The summed E-state index contributed by atoms with van der Waals surface area (Å²) in [5, 5.41) is 0. The minimum absolute atomic E-state index is 0.118. The fourth-order valence-corrected chi connectivity index (χ4v) is 3.30. The average molecular weight is 269 g/mol. The summed E-state index contributed by atoms with van der Waals surface area (Å²) in [6.45, 7) is 4.99. The Morgan fingerprint density at radius 1 is 1.28 bits per heavy atom. The molecule has 0 spiro atoms. The number of aryl methyl sites for hydroxylation is 2. The molecule has 100 valence electrons. The summed E-state index contributed by atoms with van der Waals surface area (Å²) in [5.41, 5.74) is 1.88. The van der Waals surface area contributed by atoms with Crippen molar-refractivity contribution in [2.45, 2.75) is 32.6 Å². The Morgan fingerprint density at radius 3 is 2.44 bits per heavy atom. The summed E-state index contributed by atoms with van der Waals surface area (Å²) in [5.74, 6) is 0.896. The van der Waals surface area contributed by atoms with E-state index in [9.17, 15) is 8.42 Å². The Hall–Kier alpha value is -1.01. The molecule has 1 saturated heterocycles. The maximum atomic E-state index is 11.6. The molecule has 1 atom stereocenters. The van der Waals surface area contributed by atoms with Crippen molar-refractivity contribution in [2.75, 3.05) is 19.3 Å². The van der Waals surface area contributed by atoms with E-state index in [-0.39, 0.29) is 5.92 Å². The number of hydrogen-bond acceptors (Lipinski definition) is 4. The first-order chi connectivity index (χ1) is 8.36. The van der Waals surface area contributed by atoms with Crippen LogP contribution in [0.2, 0.25) is 0 Å². The van der Waals surface area contributed by atoms with Crippen LogP contribution in [0.25, 0.3) is 0 Å². The van der Waals surface area contributed by atoms with Crippen LogP contribution in [0.4, 0.5) is 0 Å². The van der Waals surface area contributed by atoms with Crippen LogP contribution < -0.4 is 0 Å². The van der Waals surface area contributed by atoms with Gasteiger partial charge < -0.3 is 0 Å². The predicted molar refractivity (Wildman–Crippen MR) is 69.9 cm³/mol. The summed E-state index contributed by atoms with van der Waals surface area (Å²) < 4.78 is 24.7. The molecule has 2 rings (SSSR count). The van der Waals surface area contributed by atoms with Gasteiger partial charge in [-0.25, -0.2) is 22.7 Å². The highest BCUT2D eigenvalue weighted by Gasteiger charge is 2.28. The number of nitrogens with zero attached hydrogens (tertiary/aromatic N) is 3. The van der Waals surface area contributed by atoms with Crippen molar-refractivity contribution in [3.05, 3.63) is 23.3 Å². The lowest BCUT2D eigenvalue weighted by Gasteiger charge is -2.30. The molecule has 0 aromatic carbocycles. The molecule has 0 radical (unpaired) electrons. The van der Waals surface area contributed by atoms with Crippen molar-refractivity contribution < 1.29 is 8.42 Å². The lowest BCUT2D eigenvalue weighted by atomic mass is 9.98. The van der Waals surface area contributed by atoms with E-state index in [1.165, 1.54) is 10.6 Å². The highest BCUT2D eigenvalue weighted by molar-refractivity contribution is 7.88. The van der Waals surface area contributed by atoms with Crippen molar-refractivity contribution >= 4 is 10.0 Å². The van der Waals surface area contributed by atoms with Gasteiger partial charge in [0.15, 0.2) is 0 Å². The minimum atomic E-state index is -3.11. The van der Waals surface area contributed by atoms with Crippen LogP contribution in [0.5, 0.6) is 0 Å². The van der Waals surface area contributed by atoms with Gasteiger partial charge in [0.1, 0.15) is 5.82 Å². The first kappa shape index (κ1) is 13.4. The molecule has 1 aliphatic heterocycles. The van der Waals surface area contributed by atoms with Gasteiger partial charge in [0.2, 0.25) is 10.0 Å². The van der Waals surface area contributed by atoms with Crippen LogP contribution in [0, 0.1) is 13.8 Å². The predicted octanol–water partition coefficient (Wildman–Crippen LogP) is 1.23. The molecular formula is C12H19N3O2S. The third-order valence-corrected chi connectivity index (χ3v) is 4.49. The lowest BCUT2D eigenvalue weighted by molar-refractivity contribution is 0.310. The zero-order chi connectivity index (χ0) is 13.3. The molecule has 18 heavy (non-hydrogen) atoms. The Bertz CT molecular complexity index is 522. The first-order valence-electron chi connectivity index (χ1n) is 6.13. The van der Waals surface area contributed by atoms with Crippen LogP contribution in [-0.4, -0.2) is 42.0 Å². The molecule has 1 aromatic heterocycles. The minimum Gasteiger partial charge on any atom is -0.238 e. The van der Waals surface area contributed by atoms with Crippen molar-refractivity contribution in [2.24, 2.45) is 0 Å². The third kappa shape index (κ3) is 3.05. The van der Waals surface area contributed by atoms with E-state index in [1.807, 2.05) is 19.9 Å². The van der Waals surface area contributed by atoms with Crippen molar-refractivity contribution in [3.8, 4) is 0 Å². The van der Waals surface area contributed by atoms with Crippen molar-refractivity contribution in [1.82, 2.24) is 14.3 Å². The maximum absolute atomic E-state index is 11.6. The second-order valence-corrected chi connectivity index (χ2v) is 6.95. The number of sulfonamides is 1. The van der Waals surface area contributed by atoms with Gasteiger partial charge in [-0.05, 0) is 32.8 Å². The number of rotatable bonds is 2. The van der Waals surface area contributed by atoms with Gasteiger partial charge in [-0.1, -0.05) is 0 Å². The van der Waals surface area contributed by atoms with E-state index in [2.05, 4.69) is 9.97 Å². The molecule has 1 unspecified atom stereocenters. The Morgan fingerprint density at radius 2 is 1.89 bits per heavy atom. The van der Waals surface area contributed by atoms with E-state index >= 15 is 0 Å². The van der Waals surface area contributed by atoms with Gasteiger partial charge >= 0.3 is 0 Å². The highest BCUT2D eigenvalue weighted by atomic mass is 32.2. The zero-order valence-electron chi connectivity index (χ0n) is 11.0.